The van der Waals surface area contributed by atoms with Crippen LogP contribution < -0.4 is 5.73 Å². The number of likely N-dealkylation sites (tertiary alicyclic amines) is 1. The Labute approximate surface area is 92.5 Å². The van der Waals surface area contributed by atoms with Gasteiger partial charge in [-0.1, -0.05) is 6.92 Å². The highest BCUT2D eigenvalue weighted by atomic mass is 16.5. The molecule has 15 heavy (non-hydrogen) atoms. The summed E-state index contributed by atoms with van der Waals surface area (Å²) in [5, 5.41) is 0. The monoisotopic (exact) mass is 213 g/mol. The number of methoxy groups -OCH3 is 1. The summed E-state index contributed by atoms with van der Waals surface area (Å²) in [6.45, 7) is 6.89. The number of rotatable bonds is 3. The molecule has 0 spiro atoms. The van der Waals surface area contributed by atoms with Gasteiger partial charge in [0.05, 0.1) is 5.60 Å². The molecule has 1 atom stereocenters. The van der Waals surface area contributed by atoms with E-state index >= 15 is 0 Å². The number of hydrogen-bond donors (Lipinski definition) is 1. The van der Waals surface area contributed by atoms with Crippen LogP contribution in [0.5, 0.6) is 0 Å². The number of guanidine groups is 1. The fraction of sp³-hybridized carbons (Fsp3) is 0.909. The predicted octanol–water partition coefficient (Wildman–Crippen LogP) is 1.21. The zero-order valence-corrected chi connectivity index (χ0v) is 10.1. The topological polar surface area (TPSA) is 50.8 Å². The first kappa shape index (κ1) is 12.3. The van der Waals surface area contributed by atoms with Gasteiger partial charge in [0, 0.05) is 26.7 Å². The maximum Gasteiger partial charge on any atom is 0.191 e. The van der Waals surface area contributed by atoms with Crippen molar-refractivity contribution in [2.24, 2.45) is 10.7 Å². The van der Waals surface area contributed by atoms with Gasteiger partial charge < -0.3 is 15.4 Å². The largest absolute Gasteiger partial charge is 0.377 e. The second kappa shape index (κ2) is 5.35. The molecular formula is C11H23N3O. The van der Waals surface area contributed by atoms with E-state index in [4.69, 9.17) is 10.5 Å². The maximum absolute atomic E-state index is 5.93. The predicted molar refractivity (Wildman–Crippen MR) is 63.0 cm³/mol. The standard InChI is InChI=1S/C11H23N3O/c1-4-7-13-10(12)14-8-5-6-11(2,9-14)15-3/h4-9H2,1-3H3,(H2,12,13). The van der Waals surface area contributed by atoms with Crippen LogP contribution in [-0.2, 0) is 4.74 Å². The van der Waals surface area contributed by atoms with Crippen molar-refractivity contribution in [3.05, 3.63) is 0 Å². The molecule has 4 nitrogen and oxygen atoms in total. The van der Waals surface area contributed by atoms with Crippen molar-refractivity contribution in [1.29, 1.82) is 0 Å². The first-order valence-electron chi connectivity index (χ1n) is 5.71. The molecule has 1 unspecified atom stereocenters. The van der Waals surface area contributed by atoms with Crippen molar-refractivity contribution in [1.82, 2.24) is 4.90 Å². The molecule has 0 radical (unpaired) electrons. The molecule has 1 aliphatic rings. The lowest BCUT2D eigenvalue weighted by molar-refractivity contribution is -0.0351. The van der Waals surface area contributed by atoms with Crippen LogP contribution in [0.25, 0.3) is 0 Å². The van der Waals surface area contributed by atoms with E-state index in [-0.39, 0.29) is 5.60 Å². The Bertz CT molecular complexity index is 230. The fourth-order valence-electron chi connectivity index (χ4n) is 1.89. The summed E-state index contributed by atoms with van der Waals surface area (Å²) in [5.74, 6) is 0.667. The van der Waals surface area contributed by atoms with E-state index in [9.17, 15) is 0 Å². The second-order valence-corrected chi connectivity index (χ2v) is 4.42. The Hall–Kier alpha value is -0.770. The molecule has 4 heteroatoms. The molecule has 0 aromatic rings. The molecule has 0 aliphatic carbocycles. The lowest BCUT2D eigenvalue weighted by Gasteiger charge is -2.39. The molecular weight excluding hydrogens is 190 g/mol. The molecule has 0 amide bonds. The van der Waals surface area contributed by atoms with Gasteiger partial charge in [-0.2, -0.15) is 0 Å². The Morgan fingerprint density at radius 1 is 1.60 bits per heavy atom. The minimum absolute atomic E-state index is 0.0649. The van der Waals surface area contributed by atoms with Crippen LogP contribution in [0, 0.1) is 0 Å². The Kier molecular flexibility index (Phi) is 4.39. The van der Waals surface area contributed by atoms with E-state index in [1.54, 1.807) is 7.11 Å². The number of ether oxygens (including phenoxy) is 1. The van der Waals surface area contributed by atoms with Crippen LogP contribution in [0.4, 0.5) is 0 Å². The third kappa shape index (κ3) is 3.38. The molecule has 1 saturated heterocycles. The van der Waals surface area contributed by atoms with Gasteiger partial charge in [0.15, 0.2) is 5.96 Å². The number of aliphatic imine (C=N–C) groups is 1. The highest BCUT2D eigenvalue weighted by molar-refractivity contribution is 5.78. The smallest absolute Gasteiger partial charge is 0.191 e. The fourth-order valence-corrected chi connectivity index (χ4v) is 1.89. The minimum Gasteiger partial charge on any atom is -0.377 e. The van der Waals surface area contributed by atoms with Crippen molar-refractivity contribution in [3.63, 3.8) is 0 Å². The summed E-state index contributed by atoms with van der Waals surface area (Å²) in [7, 11) is 1.77. The van der Waals surface area contributed by atoms with Crippen LogP contribution in [0.1, 0.15) is 33.1 Å². The quantitative estimate of drug-likeness (QED) is 0.566. The minimum atomic E-state index is -0.0649. The highest BCUT2D eigenvalue weighted by Gasteiger charge is 2.31. The Morgan fingerprint density at radius 3 is 2.93 bits per heavy atom. The molecule has 1 rings (SSSR count). The van der Waals surface area contributed by atoms with Crippen LogP contribution in [0.2, 0.25) is 0 Å². The van der Waals surface area contributed by atoms with Crippen molar-refractivity contribution in [2.45, 2.75) is 38.7 Å². The lowest BCUT2D eigenvalue weighted by Crippen LogP contribution is -2.52. The molecule has 1 heterocycles. The van der Waals surface area contributed by atoms with Crippen LogP contribution in [0.15, 0.2) is 4.99 Å². The third-order valence-electron chi connectivity index (χ3n) is 2.97. The number of nitrogens with two attached hydrogens (primary N) is 1. The second-order valence-electron chi connectivity index (χ2n) is 4.42. The molecule has 0 aromatic carbocycles. The summed E-state index contributed by atoms with van der Waals surface area (Å²) in [4.78, 5) is 6.46. The number of piperidine rings is 1. The van der Waals surface area contributed by atoms with Gasteiger partial charge in [0.25, 0.3) is 0 Å². The molecule has 1 aliphatic heterocycles. The first-order chi connectivity index (χ1) is 7.11. The van der Waals surface area contributed by atoms with Crippen molar-refractivity contribution in [3.8, 4) is 0 Å². The van der Waals surface area contributed by atoms with E-state index in [2.05, 4.69) is 23.7 Å². The molecule has 0 saturated carbocycles. The Morgan fingerprint density at radius 2 is 2.33 bits per heavy atom. The molecule has 0 aromatic heterocycles. The van der Waals surface area contributed by atoms with Crippen LogP contribution in [0.3, 0.4) is 0 Å². The van der Waals surface area contributed by atoms with Crippen molar-refractivity contribution >= 4 is 5.96 Å². The summed E-state index contributed by atoms with van der Waals surface area (Å²) in [6.07, 6.45) is 3.25. The van der Waals surface area contributed by atoms with Crippen LogP contribution in [-0.4, -0.2) is 43.2 Å². The average molecular weight is 213 g/mol. The lowest BCUT2D eigenvalue weighted by atomic mass is 9.95. The highest BCUT2D eigenvalue weighted by Crippen LogP contribution is 2.23. The van der Waals surface area contributed by atoms with Crippen LogP contribution >= 0.6 is 0 Å². The summed E-state index contributed by atoms with van der Waals surface area (Å²) < 4.78 is 5.51. The molecule has 2 N–H and O–H groups in total. The molecule has 88 valence electrons. The van der Waals surface area contributed by atoms with Gasteiger partial charge >= 0.3 is 0 Å². The number of nitrogens with zero attached hydrogens (tertiary/aromatic N) is 2. The van der Waals surface area contributed by atoms with Gasteiger partial charge in [-0.05, 0) is 26.2 Å². The van der Waals surface area contributed by atoms with E-state index in [1.807, 2.05) is 0 Å². The van der Waals surface area contributed by atoms with Gasteiger partial charge in [-0.25, -0.2) is 0 Å². The van der Waals surface area contributed by atoms with Gasteiger partial charge in [0.2, 0.25) is 0 Å². The van der Waals surface area contributed by atoms with Gasteiger partial charge in [-0.3, -0.25) is 4.99 Å². The SMILES string of the molecule is CCCN=C(N)N1CCCC(C)(OC)C1. The van der Waals surface area contributed by atoms with E-state index in [1.165, 1.54) is 0 Å². The maximum atomic E-state index is 5.93. The van der Waals surface area contributed by atoms with Crippen molar-refractivity contribution in [2.75, 3.05) is 26.7 Å². The molecule has 1 fully saturated rings. The third-order valence-corrected chi connectivity index (χ3v) is 2.97. The van der Waals surface area contributed by atoms with E-state index in [0.717, 1.165) is 38.9 Å². The van der Waals surface area contributed by atoms with Crippen molar-refractivity contribution < 1.29 is 4.74 Å². The van der Waals surface area contributed by atoms with Gasteiger partial charge in [0.1, 0.15) is 0 Å². The molecule has 0 bridgehead atoms. The Balaban J connectivity index is 2.56. The summed E-state index contributed by atoms with van der Waals surface area (Å²) in [6, 6.07) is 0. The van der Waals surface area contributed by atoms with E-state index in [0.29, 0.717) is 5.96 Å². The summed E-state index contributed by atoms with van der Waals surface area (Å²) >= 11 is 0. The van der Waals surface area contributed by atoms with E-state index < -0.39 is 0 Å². The first-order valence-corrected chi connectivity index (χ1v) is 5.71. The summed E-state index contributed by atoms with van der Waals surface area (Å²) in [5.41, 5.74) is 5.87. The number of hydrogen-bond acceptors (Lipinski definition) is 2. The normalized spacial score (nSPS) is 28.2. The van der Waals surface area contributed by atoms with Gasteiger partial charge in [-0.15, -0.1) is 0 Å². The zero-order valence-electron chi connectivity index (χ0n) is 10.1. The average Bonchev–Trinajstić information content (AvgIpc) is 2.26. The zero-order chi connectivity index (χ0) is 11.3.